The summed E-state index contributed by atoms with van der Waals surface area (Å²) in [5, 5.41) is 3.68. The Morgan fingerprint density at radius 1 is 1.30 bits per heavy atom. The summed E-state index contributed by atoms with van der Waals surface area (Å²) >= 11 is 9.51. The molecule has 1 fully saturated rings. The Labute approximate surface area is 148 Å². The number of benzene rings is 2. The summed E-state index contributed by atoms with van der Waals surface area (Å²) < 4.78 is 21.0. The summed E-state index contributed by atoms with van der Waals surface area (Å²) in [5.74, 6) is 0.122. The molecule has 2 nitrogen and oxygen atoms in total. The Kier molecular flexibility index (Phi) is 3.87. The van der Waals surface area contributed by atoms with Crippen LogP contribution in [0.15, 0.2) is 40.9 Å². The average molecular weight is 397 g/mol. The number of rotatable bonds is 2. The predicted octanol–water partition coefficient (Wildman–Crippen LogP) is 4.82. The van der Waals surface area contributed by atoms with E-state index >= 15 is 0 Å². The van der Waals surface area contributed by atoms with E-state index in [9.17, 15) is 4.39 Å². The molecule has 4 rings (SSSR count). The molecule has 120 valence electrons. The Morgan fingerprint density at radius 2 is 2.09 bits per heavy atom. The van der Waals surface area contributed by atoms with E-state index in [1.165, 1.54) is 6.07 Å². The Hall–Kier alpha value is -1.10. The number of fused-ring (bicyclic) bond motifs is 1. The normalized spacial score (nSPS) is 26.1. The number of nitrogens with one attached hydrogen (secondary N) is 1. The van der Waals surface area contributed by atoms with Gasteiger partial charge in [-0.1, -0.05) is 41.9 Å². The number of halogens is 3. The highest BCUT2D eigenvalue weighted by Crippen LogP contribution is 2.49. The molecule has 2 atom stereocenters. The molecule has 5 heteroatoms. The van der Waals surface area contributed by atoms with Crippen LogP contribution in [-0.2, 0) is 12.0 Å². The van der Waals surface area contributed by atoms with Crippen LogP contribution in [-0.4, -0.2) is 12.6 Å². The van der Waals surface area contributed by atoms with Crippen LogP contribution in [0.25, 0.3) is 0 Å². The minimum Gasteiger partial charge on any atom is -0.480 e. The van der Waals surface area contributed by atoms with Crippen molar-refractivity contribution in [3.05, 3.63) is 62.8 Å². The van der Waals surface area contributed by atoms with Crippen molar-refractivity contribution in [3.63, 3.8) is 0 Å². The summed E-state index contributed by atoms with van der Waals surface area (Å²) in [5.41, 5.74) is 1.53. The number of ether oxygens (including phenoxy) is 1. The zero-order valence-electron chi connectivity index (χ0n) is 12.4. The highest BCUT2D eigenvalue weighted by Gasteiger charge is 2.49. The lowest BCUT2D eigenvalue weighted by Crippen LogP contribution is -2.48. The minimum atomic E-state index is -0.514. The van der Waals surface area contributed by atoms with Gasteiger partial charge in [-0.25, -0.2) is 4.39 Å². The fourth-order valence-electron chi connectivity index (χ4n) is 3.72. The second kappa shape index (κ2) is 5.76. The van der Waals surface area contributed by atoms with E-state index in [1.807, 2.05) is 18.2 Å². The van der Waals surface area contributed by atoms with Crippen LogP contribution in [0.5, 0.6) is 5.75 Å². The summed E-state index contributed by atoms with van der Waals surface area (Å²) in [7, 11) is 0. The van der Waals surface area contributed by atoms with Crippen molar-refractivity contribution in [3.8, 4) is 5.75 Å². The van der Waals surface area contributed by atoms with E-state index in [0.717, 1.165) is 30.5 Å². The van der Waals surface area contributed by atoms with Crippen LogP contribution in [0.3, 0.4) is 0 Å². The smallest absolute Gasteiger partial charge is 0.153 e. The maximum absolute atomic E-state index is 14.0. The van der Waals surface area contributed by atoms with Gasteiger partial charge in [0.25, 0.3) is 0 Å². The molecule has 0 unspecified atom stereocenters. The Morgan fingerprint density at radius 3 is 2.78 bits per heavy atom. The molecule has 2 aliphatic heterocycles. The van der Waals surface area contributed by atoms with Crippen molar-refractivity contribution in [1.29, 1.82) is 0 Å². The molecule has 2 aromatic carbocycles. The van der Waals surface area contributed by atoms with Crippen LogP contribution in [0.4, 0.5) is 4.39 Å². The van der Waals surface area contributed by atoms with Crippen LogP contribution in [0.2, 0.25) is 5.02 Å². The van der Waals surface area contributed by atoms with E-state index in [2.05, 4.69) is 33.4 Å². The van der Waals surface area contributed by atoms with Gasteiger partial charge in [-0.15, -0.1) is 0 Å². The fourth-order valence-corrected chi connectivity index (χ4v) is 4.41. The third-order valence-electron chi connectivity index (χ3n) is 4.84. The van der Waals surface area contributed by atoms with Crippen LogP contribution in [0, 0.1) is 5.82 Å². The largest absolute Gasteiger partial charge is 0.480 e. The molecule has 0 bridgehead atoms. The average Bonchev–Trinajstić information content (AvgIpc) is 3.22. The van der Waals surface area contributed by atoms with E-state index in [-0.39, 0.29) is 11.1 Å². The zero-order valence-corrected chi connectivity index (χ0v) is 14.8. The van der Waals surface area contributed by atoms with E-state index in [0.29, 0.717) is 16.6 Å². The van der Waals surface area contributed by atoms with Crippen molar-refractivity contribution in [2.24, 2.45) is 0 Å². The van der Waals surface area contributed by atoms with Crippen molar-refractivity contribution < 1.29 is 9.13 Å². The SMILES string of the molecule is Fc1cc2c(c(Br)c1Cl)C[C@](c1ccccc1)([C@@H]1CCCN1)O2. The molecule has 0 amide bonds. The van der Waals surface area contributed by atoms with Gasteiger partial charge in [-0.2, -0.15) is 0 Å². The van der Waals surface area contributed by atoms with Gasteiger partial charge >= 0.3 is 0 Å². The molecule has 0 spiro atoms. The van der Waals surface area contributed by atoms with Gasteiger partial charge in [0.1, 0.15) is 11.6 Å². The molecular weight excluding hydrogens is 381 g/mol. The van der Waals surface area contributed by atoms with Crippen molar-refractivity contribution in [2.75, 3.05) is 6.54 Å². The lowest BCUT2D eigenvalue weighted by atomic mass is 9.82. The van der Waals surface area contributed by atoms with Gasteiger partial charge in [-0.05, 0) is 40.9 Å². The van der Waals surface area contributed by atoms with E-state index in [4.69, 9.17) is 16.3 Å². The van der Waals surface area contributed by atoms with E-state index in [1.54, 1.807) is 0 Å². The molecule has 2 heterocycles. The first-order chi connectivity index (χ1) is 11.1. The topological polar surface area (TPSA) is 21.3 Å². The summed E-state index contributed by atoms with van der Waals surface area (Å²) in [6, 6.07) is 11.8. The molecule has 0 aromatic heterocycles. The molecule has 23 heavy (non-hydrogen) atoms. The monoisotopic (exact) mass is 395 g/mol. The first kappa shape index (κ1) is 15.4. The fraction of sp³-hybridized carbons (Fsp3) is 0.333. The summed E-state index contributed by atoms with van der Waals surface area (Å²) in [4.78, 5) is 0. The van der Waals surface area contributed by atoms with Gasteiger partial charge in [0.05, 0.1) is 11.1 Å². The standard InChI is InChI=1S/C18H16BrClFNO/c19-16-12-10-18(15-7-4-8-22-15,11-5-2-1-3-6-11)23-14(12)9-13(21)17(16)20/h1-3,5-6,9,15,22H,4,7-8,10H2/t15-,18-/m0/s1. The first-order valence-electron chi connectivity index (χ1n) is 7.76. The second-order valence-electron chi connectivity index (χ2n) is 6.15. The highest BCUT2D eigenvalue weighted by molar-refractivity contribution is 9.10. The molecule has 0 radical (unpaired) electrons. The quantitative estimate of drug-likeness (QED) is 0.735. The maximum atomic E-state index is 14.0. The summed E-state index contributed by atoms with van der Waals surface area (Å²) in [6.07, 6.45) is 2.83. The number of hydrogen-bond acceptors (Lipinski definition) is 2. The van der Waals surface area contributed by atoms with Crippen LogP contribution >= 0.6 is 27.5 Å². The van der Waals surface area contributed by atoms with Crippen molar-refractivity contribution >= 4 is 27.5 Å². The van der Waals surface area contributed by atoms with Gasteiger partial charge in [0.2, 0.25) is 0 Å². The van der Waals surface area contributed by atoms with Gasteiger partial charge < -0.3 is 10.1 Å². The lowest BCUT2D eigenvalue weighted by molar-refractivity contribution is 0.0539. The van der Waals surface area contributed by atoms with Gasteiger partial charge in [-0.3, -0.25) is 0 Å². The number of hydrogen-bond donors (Lipinski definition) is 1. The van der Waals surface area contributed by atoms with Crippen molar-refractivity contribution in [1.82, 2.24) is 5.32 Å². The first-order valence-corrected chi connectivity index (χ1v) is 8.93. The minimum absolute atomic E-state index is 0.121. The summed E-state index contributed by atoms with van der Waals surface area (Å²) in [6.45, 7) is 0.981. The van der Waals surface area contributed by atoms with Gasteiger partial charge in [0.15, 0.2) is 5.60 Å². The van der Waals surface area contributed by atoms with Crippen molar-refractivity contribution in [2.45, 2.75) is 30.9 Å². The Bertz CT molecular complexity index is 748. The molecule has 2 aliphatic rings. The van der Waals surface area contributed by atoms with Gasteiger partial charge in [0, 0.05) is 22.5 Å². The van der Waals surface area contributed by atoms with E-state index < -0.39 is 11.4 Å². The lowest BCUT2D eigenvalue weighted by Gasteiger charge is -2.35. The third kappa shape index (κ3) is 2.39. The highest BCUT2D eigenvalue weighted by atomic mass is 79.9. The molecule has 1 saturated heterocycles. The molecule has 2 aromatic rings. The zero-order chi connectivity index (χ0) is 16.0. The maximum Gasteiger partial charge on any atom is 0.153 e. The molecule has 1 N–H and O–H groups in total. The van der Waals surface area contributed by atoms with Crippen LogP contribution in [0.1, 0.15) is 24.0 Å². The van der Waals surface area contributed by atoms with Crippen LogP contribution < -0.4 is 10.1 Å². The molecule has 0 saturated carbocycles. The third-order valence-corrected chi connectivity index (χ3v) is 6.31. The molecule has 0 aliphatic carbocycles. The predicted molar refractivity (Wildman–Crippen MR) is 92.6 cm³/mol. The second-order valence-corrected chi connectivity index (χ2v) is 7.32. The Balaban J connectivity index is 1.85. The molecular formula is C18H16BrClFNO.